The third kappa shape index (κ3) is 13.4. The molecule has 0 saturated heterocycles. The Morgan fingerprint density at radius 2 is 1.45 bits per heavy atom. The van der Waals surface area contributed by atoms with Crippen molar-refractivity contribution in [1.29, 1.82) is 0 Å². The van der Waals surface area contributed by atoms with Crippen LogP contribution >= 0.6 is 0 Å². The molecule has 0 aliphatic heterocycles. The van der Waals surface area contributed by atoms with Gasteiger partial charge in [-0.1, -0.05) is 77.3 Å². The van der Waals surface area contributed by atoms with Crippen molar-refractivity contribution in [1.82, 2.24) is 26.6 Å². The van der Waals surface area contributed by atoms with Gasteiger partial charge < -0.3 is 36.4 Å². The lowest BCUT2D eigenvalue weighted by Crippen LogP contribution is -2.57. The van der Waals surface area contributed by atoms with Crippen molar-refractivity contribution < 1.29 is 43.4 Å². The van der Waals surface area contributed by atoms with Gasteiger partial charge in [0, 0.05) is 0 Å². The zero-order valence-electron chi connectivity index (χ0n) is 27.8. The molecule has 1 unspecified atom stereocenters. The number of hydrogen-bond acceptors (Lipinski definition) is 8. The monoisotopic (exact) mass is 659 g/mol. The Morgan fingerprint density at radius 3 is 2.02 bits per heavy atom. The summed E-state index contributed by atoms with van der Waals surface area (Å²) in [5.41, 5.74) is 0.323. The molecule has 1 aliphatic rings. The lowest BCUT2D eigenvalue weighted by molar-refractivity contribution is -0.142. The van der Waals surface area contributed by atoms with Gasteiger partial charge in [0.25, 0.3) is 5.91 Å². The molecule has 2 rings (SSSR count). The maximum absolute atomic E-state index is 13.3. The molecule has 0 aromatic heterocycles. The van der Waals surface area contributed by atoms with E-state index in [1.165, 1.54) is 19.1 Å². The van der Waals surface area contributed by atoms with Gasteiger partial charge in [0.1, 0.15) is 12.1 Å². The van der Waals surface area contributed by atoms with Gasteiger partial charge >= 0.3 is 12.1 Å². The van der Waals surface area contributed by atoms with Crippen LogP contribution in [0.25, 0.3) is 0 Å². The van der Waals surface area contributed by atoms with E-state index >= 15 is 0 Å². The zero-order valence-corrected chi connectivity index (χ0v) is 27.8. The van der Waals surface area contributed by atoms with Crippen LogP contribution in [-0.4, -0.2) is 77.9 Å². The highest BCUT2D eigenvalue weighted by atomic mass is 16.5. The number of alkyl carbamates (subject to hydrolysis) is 1. The number of ether oxygens (including phenoxy) is 1. The van der Waals surface area contributed by atoms with E-state index in [1.54, 1.807) is 32.0 Å². The summed E-state index contributed by atoms with van der Waals surface area (Å²) in [5, 5.41) is 21.8. The number of aliphatic carboxylic acids is 1. The van der Waals surface area contributed by atoms with Crippen molar-refractivity contribution in [2.45, 2.75) is 97.3 Å². The highest BCUT2D eigenvalue weighted by Crippen LogP contribution is 2.27. The summed E-state index contributed by atoms with van der Waals surface area (Å²) < 4.78 is 5.21. The van der Waals surface area contributed by atoms with Gasteiger partial charge in [0.15, 0.2) is 6.04 Å². The van der Waals surface area contributed by atoms with Crippen molar-refractivity contribution in [3.63, 3.8) is 0 Å². The van der Waals surface area contributed by atoms with Crippen LogP contribution in [0.1, 0.15) is 84.7 Å². The Balaban J connectivity index is 2.02. The number of carboxylic acid groups (broad SMARTS) is 1. The van der Waals surface area contributed by atoms with Gasteiger partial charge in [0.2, 0.25) is 23.5 Å². The molecule has 0 radical (unpaired) electrons. The largest absolute Gasteiger partial charge is 0.479 e. The standard InChI is InChI=1S/C33H49N5O9/c1-19(2)16-24(28(40)31(43)34-17-25(39)37-27(32(44)45)23-14-10-7-11-15-23)36-29(41)21(5)35-30(42)26(22-12-8-6-9-13-22)38-33(46)47-18-20(3)4/h7,10-11,14-15,19-22,24,26-27H,6,8-9,12-13,16-18H2,1-5H3,(H,34,43)(H,35,42)(H,36,41)(H,37,39)(H,38,46)(H,44,45)/t21-,24?,26-,27-/m0/s1. The molecule has 6 N–H and O–H groups in total. The second kappa shape index (κ2) is 19.2. The number of carboxylic acids is 1. The van der Waals surface area contributed by atoms with Crippen molar-refractivity contribution in [3.8, 4) is 0 Å². The number of nitrogens with one attached hydrogen (secondary N) is 5. The molecule has 47 heavy (non-hydrogen) atoms. The minimum Gasteiger partial charge on any atom is -0.479 e. The highest BCUT2D eigenvalue weighted by molar-refractivity contribution is 6.38. The molecule has 14 nitrogen and oxygen atoms in total. The van der Waals surface area contributed by atoms with E-state index in [2.05, 4.69) is 26.6 Å². The predicted molar refractivity (Wildman–Crippen MR) is 172 cm³/mol. The van der Waals surface area contributed by atoms with Gasteiger partial charge in [-0.15, -0.1) is 0 Å². The first-order valence-corrected chi connectivity index (χ1v) is 16.1. The first-order valence-electron chi connectivity index (χ1n) is 16.1. The summed E-state index contributed by atoms with van der Waals surface area (Å²) in [4.78, 5) is 88.8. The number of hydrogen-bond donors (Lipinski definition) is 6. The topological polar surface area (TPSA) is 209 Å². The Kier molecular flexibility index (Phi) is 15.8. The number of ketones is 1. The average Bonchev–Trinajstić information content (AvgIpc) is 3.03. The molecule has 1 aliphatic carbocycles. The lowest BCUT2D eigenvalue weighted by Gasteiger charge is -2.31. The average molecular weight is 660 g/mol. The molecule has 0 bridgehead atoms. The SMILES string of the molecule is CC(C)COC(=O)N[C@H](C(=O)N[C@@H](C)C(=O)NC(CC(C)C)C(=O)C(=O)NCC(=O)N[C@H](C(=O)O)c1ccccc1)C1CCCCC1. The number of amides is 5. The Morgan fingerprint density at radius 1 is 0.809 bits per heavy atom. The molecule has 5 amide bonds. The summed E-state index contributed by atoms with van der Waals surface area (Å²) in [6.45, 7) is 8.29. The quantitative estimate of drug-likeness (QED) is 0.135. The van der Waals surface area contributed by atoms with Crippen LogP contribution in [-0.2, 0) is 33.5 Å². The van der Waals surface area contributed by atoms with Gasteiger partial charge in [-0.2, -0.15) is 0 Å². The van der Waals surface area contributed by atoms with Gasteiger partial charge in [-0.3, -0.25) is 24.0 Å². The Hall–Kier alpha value is -4.49. The number of Topliss-reactive ketones (excluding diaryl/α,β-unsaturated/α-hetero) is 1. The van der Waals surface area contributed by atoms with Crippen LogP contribution in [0.4, 0.5) is 4.79 Å². The molecule has 1 saturated carbocycles. The fourth-order valence-electron chi connectivity index (χ4n) is 5.20. The summed E-state index contributed by atoms with van der Waals surface area (Å²) in [6.07, 6.45) is 3.67. The van der Waals surface area contributed by atoms with Crippen molar-refractivity contribution in [2.75, 3.05) is 13.2 Å². The van der Waals surface area contributed by atoms with Crippen LogP contribution in [0.15, 0.2) is 30.3 Å². The zero-order chi connectivity index (χ0) is 35.1. The lowest BCUT2D eigenvalue weighted by atomic mass is 9.83. The third-order valence-corrected chi connectivity index (χ3v) is 7.64. The minimum absolute atomic E-state index is 0.0912. The van der Waals surface area contributed by atoms with Crippen molar-refractivity contribution in [2.24, 2.45) is 17.8 Å². The van der Waals surface area contributed by atoms with Crippen LogP contribution in [0.3, 0.4) is 0 Å². The van der Waals surface area contributed by atoms with E-state index in [9.17, 15) is 38.7 Å². The predicted octanol–water partition coefficient (Wildman–Crippen LogP) is 1.98. The molecule has 14 heteroatoms. The van der Waals surface area contributed by atoms with Crippen molar-refractivity contribution >= 4 is 41.5 Å². The fourth-order valence-corrected chi connectivity index (χ4v) is 5.20. The number of rotatable bonds is 17. The second-order valence-electron chi connectivity index (χ2n) is 12.7. The van der Waals surface area contributed by atoms with Crippen LogP contribution < -0.4 is 26.6 Å². The molecular weight excluding hydrogens is 610 g/mol. The van der Waals surface area contributed by atoms with Crippen LogP contribution in [0, 0.1) is 17.8 Å². The normalized spacial score (nSPS) is 15.8. The molecule has 4 atom stereocenters. The molecule has 1 fully saturated rings. The van der Waals surface area contributed by atoms with Crippen LogP contribution in [0.2, 0.25) is 0 Å². The van der Waals surface area contributed by atoms with Crippen LogP contribution in [0.5, 0.6) is 0 Å². The van der Waals surface area contributed by atoms with E-state index in [4.69, 9.17) is 4.74 Å². The van der Waals surface area contributed by atoms with E-state index < -0.39 is 72.2 Å². The number of benzene rings is 1. The molecule has 1 aromatic rings. The summed E-state index contributed by atoms with van der Waals surface area (Å²) in [5.74, 6) is -5.73. The second-order valence-corrected chi connectivity index (χ2v) is 12.7. The summed E-state index contributed by atoms with van der Waals surface area (Å²) in [7, 11) is 0. The maximum Gasteiger partial charge on any atom is 0.407 e. The van der Waals surface area contributed by atoms with E-state index in [-0.39, 0.29) is 30.8 Å². The molecule has 0 spiro atoms. The van der Waals surface area contributed by atoms with E-state index in [0.717, 1.165) is 32.1 Å². The number of carbonyl (C=O) groups excluding carboxylic acids is 6. The fraction of sp³-hybridized carbons (Fsp3) is 0.606. The van der Waals surface area contributed by atoms with Gasteiger partial charge in [-0.05, 0) is 49.5 Å². The summed E-state index contributed by atoms with van der Waals surface area (Å²) >= 11 is 0. The molecule has 260 valence electrons. The van der Waals surface area contributed by atoms with E-state index in [1.807, 2.05) is 13.8 Å². The maximum atomic E-state index is 13.3. The first-order chi connectivity index (χ1) is 22.2. The molecular formula is C33H49N5O9. The molecule has 1 aromatic carbocycles. The van der Waals surface area contributed by atoms with Gasteiger partial charge in [-0.25, -0.2) is 9.59 Å². The number of carbonyl (C=O) groups is 7. The van der Waals surface area contributed by atoms with Crippen molar-refractivity contribution in [3.05, 3.63) is 35.9 Å². The third-order valence-electron chi connectivity index (χ3n) is 7.64. The summed E-state index contributed by atoms with van der Waals surface area (Å²) in [6, 6.07) is 3.31. The highest BCUT2D eigenvalue weighted by Gasteiger charge is 2.34. The molecule has 0 heterocycles. The van der Waals surface area contributed by atoms with Gasteiger partial charge in [0.05, 0.1) is 19.2 Å². The Bertz CT molecular complexity index is 1250. The first kappa shape index (κ1) is 38.7. The Labute approximate surface area is 275 Å². The smallest absolute Gasteiger partial charge is 0.407 e. The van der Waals surface area contributed by atoms with E-state index in [0.29, 0.717) is 5.56 Å². The minimum atomic E-state index is -1.36.